The predicted molar refractivity (Wildman–Crippen MR) is 64.4 cm³/mol. The van der Waals surface area contributed by atoms with E-state index in [1.807, 2.05) is 12.1 Å². The molecule has 2 nitrogen and oxygen atoms in total. The van der Waals surface area contributed by atoms with Crippen molar-refractivity contribution in [1.82, 2.24) is 0 Å². The van der Waals surface area contributed by atoms with E-state index in [0.717, 1.165) is 5.69 Å². The van der Waals surface area contributed by atoms with Gasteiger partial charge >= 0.3 is 0 Å². The normalized spacial score (nSPS) is 20.1. The molecule has 0 aliphatic heterocycles. The second kappa shape index (κ2) is 4.67. The molecule has 2 rings (SSSR count). The minimum Gasteiger partial charge on any atom is -0.399 e. The molecule has 1 aliphatic carbocycles. The molecule has 1 saturated carbocycles. The Labute approximate surface area is 91.7 Å². The molecule has 82 valence electrons. The average molecular weight is 204 g/mol. The summed E-state index contributed by atoms with van der Waals surface area (Å²) in [5, 5.41) is 0. The van der Waals surface area contributed by atoms with Crippen LogP contribution in [0.3, 0.4) is 0 Å². The van der Waals surface area contributed by atoms with E-state index in [0.29, 0.717) is 5.92 Å². The number of hydrogen-bond donors (Lipinski definition) is 2. The van der Waals surface area contributed by atoms with Crippen molar-refractivity contribution in [3.8, 4) is 0 Å². The molecule has 0 bridgehead atoms. The third kappa shape index (κ3) is 2.51. The van der Waals surface area contributed by atoms with Crippen molar-refractivity contribution in [2.24, 2.45) is 11.7 Å². The molecule has 1 aromatic rings. The molecular weight excluding hydrogens is 184 g/mol. The smallest absolute Gasteiger partial charge is 0.0323 e. The molecule has 1 fully saturated rings. The Kier molecular flexibility index (Phi) is 3.27. The molecule has 0 amide bonds. The van der Waals surface area contributed by atoms with Gasteiger partial charge < -0.3 is 11.5 Å². The zero-order chi connectivity index (χ0) is 10.7. The lowest BCUT2D eigenvalue weighted by Crippen LogP contribution is -2.23. The van der Waals surface area contributed by atoms with Crippen LogP contribution in [-0.4, -0.2) is 0 Å². The summed E-state index contributed by atoms with van der Waals surface area (Å²) in [6, 6.07) is 8.21. The fourth-order valence-corrected chi connectivity index (χ4v) is 2.48. The highest BCUT2D eigenvalue weighted by atomic mass is 14.7. The molecule has 1 aliphatic rings. The molecule has 0 aromatic heterocycles. The molecule has 4 N–H and O–H groups in total. The maximum atomic E-state index is 6.28. The number of hydrogen-bond acceptors (Lipinski definition) is 2. The first-order valence-electron chi connectivity index (χ1n) is 5.88. The van der Waals surface area contributed by atoms with E-state index >= 15 is 0 Å². The van der Waals surface area contributed by atoms with Gasteiger partial charge in [-0.25, -0.2) is 0 Å². The molecule has 2 heteroatoms. The highest BCUT2D eigenvalue weighted by Gasteiger charge is 2.21. The second-order valence-electron chi connectivity index (χ2n) is 4.59. The minimum absolute atomic E-state index is 0.200. The van der Waals surface area contributed by atoms with Crippen LogP contribution in [-0.2, 0) is 0 Å². The molecule has 1 unspecified atom stereocenters. The zero-order valence-corrected chi connectivity index (χ0v) is 9.15. The van der Waals surface area contributed by atoms with E-state index in [1.54, 1.807) is 0 Å². The molecule has 0 spiro atoms. The first-order valence-corrected chi connectivity index (χ1v) is 5.88. The Morgan fingerprint density at radius 3 is 2.20 bits per heavy atom. The first kappa shape index (κ1) is 10.5. The number of nitrogens with two attached hydrogens (primary N) is 2. The summed E-state index contributed by atoms with van der Waals surface area (Å²) in [5.74, 6) is 0.669. The van der Waals surface area contributed by atoms with Gasteiger partial charge in [-0.1, -0.05) is 31.4 Å². The Bertz CT molecular complexity index is 299. The standard InChI is InChI=1S/C13H20N2/c14-12-8-6-11(7-9-12)13(15)10-4-2-1-3-5-10/h6-10,13H,1-5,14-15H2. The monoisotopic (exact) mass is 204 g/mol. The fraction of sp³-hybridized carbons (Fsp3) is 0.538. The quantitative estimate of drug-likeness (QED) is 0.728. The van der Waals surface area contributed by atoms with Gasteiger partial charge in [-0.3, -0.25) is 0 Å². The average Bonchev–Trinajstić information content (AvgIpc) is 2.30. The van der Waals surface area contributed by atoms with Crippen LogP contribution in [0.5, 0.6) is 0 Å². The van der Waals surface area contributed by atoms with Crippen LogP contribution in [0, 0.1) is 5.92 Å². The summed E-state index contributed by atoms with van der Waals surface area (Å²) in [6.45, 7) is 0. The van der Waals surface area contributed by atoms with E-state index in [2.05, 4.69) is 12.1 Å². The van der Waals surface area contributed by atoms with E-state index in [-0.39, 0.29) is 6.04 Å². The third-order valence-electron chi connectivity index (χ3n) is 3.48. The molecule has 0 heterocycles. The highest BCUT2D eigenvalue weighted by Crippen LogP contribution is 2.32. The lowest BCUT2D eigenvalue weighted by Gasteiger charge is -2.27. The van der Waals surface area contributed by atoms with Gasteiger partial charge in [-0.2, -0.15) is 0 Å². The van der Waals surface area contributed by atoms with Gasteiger partial charge in [0.25, 0.3) is 0 Å². The van der Waals surface area contributed by atoms with Gasteiger partial charge in [0, 0.05) is 11.7 Å². The number of benzene rings is 1. The van der Waals surface area contributed by atoms with E-state index in [4.69, 9.17) is 11.5 Å². The minimum atomic E-state index is 0.200. The van der Waals surface area contributed by atoms with Crippen molar-refractivity contribution in [2.45, 2.75) is 38.1 Å². The highest BCUT2D eigenvalue weighted by molar-refractivity contribution is 5.40. The Hall–Kier alpha value is -1.02. The van der Waals surface area contributed by atoms with Crippen molar-refractivity contribution >= 4 is 5.69 Å². The second-order valence-corrected chi connectivity index (χ2v) is 4.59. The number of rotatable bonds is 2. The van der Waals surface area contributed by atoms with Crippen molar-refractivity contribution < 1.29 is 0 Å². The van der Waals surface area contributed by atoms with Crippen LogP contribution in [0.1, 0.15) is 43.7 Å². The van der Waals surface area contributed by atoms with Crippen LogP contribution in [0.15, 0.2) is 24.3 Å². The lowest BCUT2D eigenvalue weighted by atomic mass is 9.81. The lowest BCUT2D eigenvalue weighted by molar-refractivity contribution is 0.308. The van der Waals surface area contributed by atoms with Crippen LogP contribution >= 0.6 is 0 Å². The first-order chi connectivity index (χ1) is 7.27. The SMILES string of the molecule is Nc1ccc(C(N)C2CCCCC2)cc1. The Morgan fingerprint density at radius 2 is 1.60 bits per heavy atom. The van der Waals surface area contributed by atoms with Crippen molar-refractivity contribution in [3.05, 3.63) is 29.8 Å². The van der Waals surface area contributed by atoms with E-state index in [1.165, 1.54) is 37.7 Å². The van der Waals surface area contributed by atoms with Crippen LogP contribution in [0.2, 0.25) is 0 Å². The summed E-state index contributed by atoms with van der Waals surface area (Å²) in [5.41, 5.74) is 14.0. The Balaban J connectivity index is 2.05. The van der Waals surface area contributed by atoms with Crippen molar-refractivity contribution in [1.29, 1.82) is 0 Å². The largest absolute Gasteiger partial charge is 0.399 e. The van der Waals surface area contributed by atoms with Gasteiger partial charge in [-0.05, 0) is 36.5 Å². The Morgan fingerprint density at radius 1 is 1.00 bits per heavy atom. The van der Waals surface area contributed by atoms with Crippen LogP contribution in [0.4, 0.5) is 5.69 Å². The van der Waals surface area contributed by atoms with Crippen LogP contribution in [0.25, 0.3) is 0 Å². The summed E-state index contributed by atoms with van der Waals surface area (Å²) in [4.78, 5) is 0. The molecular formula is C13H20N2. The third-order valence-corrected chi connectivity index (χ3v) is 3.48. The number of anilines is 1. The predicted octanol–water partition coefficient (Wildman–Crippen LogP) is 2.85. The summed E-state index contributed by atoms with van der Waals surface area (Å²) >= 11 is 0. The molecule has 0 saturated heterocycles. The van der Waals surface area contributed by atoms with Gasteiger partial charge in [0.2, 0.25) is 0 Å². The van der Waals surface area contributed by atoms with Gasteiger partial charge in [-0.15, -0.1) is 0 Å². The molecule has 0 radical (unpaired) electrons. The van der Waals surface area contributed by atoms with Crippen LogP contribution < -0.4 is 11.5 Å². The zero-order valence-electron chi connectivity index (χ0n) is 9.15. The maximum Gasteiger partial charge on any atom is 0.0323 e. The summed E-state index contributed by atoms with van der Waals surface area (Å²) in [7, 11) is 0. The van der Waals surface area contributed by atoms with Gasteiger partial charge in [0.15, 0.2) is 0 Å². The molecule has 1 aromatic carbocycles. The fourth-order valence-electron chi connectivity index (χ4n) is 2.48. The van der Waals surface area contributed by atoms with E-state index < -0.39 is 0 Å². The molecule has 15 heavy (non-hydrogen) atoms. The summed E-state index contributed by atoms with van der Waals surface area (Å²) in [6.07, 6.45) is 6.63. The van der Waals surface area contributed by atoms with Gasteiger partial charge in [0.05, 0.1) is 0 Å². The van der Waals surface area contributed by atoms with Crippen molar-refractivity contribution in [3.63, 3.8) is 0 Å². The van der Waals surface area contributed by atoms with Crippen molar-refractivity contribution in [2.75, 3.05) is 5.73 Å². The van der Waals surface area contributed by atoms with Gasteiger partial charge in [0.1, 0.15) is 0 Å². The maximum absolute atomic E-state index is 6.28. The summed E-state index contributed by atoms with van der Waals surface area (Å²) < 4.78 is 0. The number of nitrogen functional groups attached to an aromatic ring is 1. The van der Waals surface area contributed by atoms with E-state index in [9.17, 15) is 0 Å². The molecule has 1 atom stereocenters. The topological polar surface area (TPSA) is 52.0 Å².